The molecule has 0 aromatic heterocycles. The number of carbonyl (C=O) groups excluding carboxylic acids is 2. The van der Waals surface area contributed by atoms with Crippen molar-refractivity contribution in [2.75, 3.05) is 0 Å². The van der Waals surface area contributed by atoms with Crippen molar-refractivity contribution in [2.45, 2.75) is 26.2 Å². The van der Waals surface area contributed by atoms with Gasteiger partial charge in [0.15, 0.2) is 0 Å². The Morgan fingerprint density at radius 3 is 2.62 bits per heavy atom. The number of carbonyl (C=O) groups is 2. The molecule has 0 saturated carbocycles. The molecule has 0 aliphatic carbocycles. The lowest BCUT2D eigenvalue weighted by atomic mass is 10.2. The van der Waals surface area contributed by atoms with Gasteiger partial charge in [-0.25, -0.2) is 0 Å². The zero-order chi connectivity index (χ0) is 6.41. The molecule has 0 heterocycles. The van der Waals surface area contributed by atoms with Crippen molar-refractivity contribution in [1.82, 2.24) is 0 Å². The number of Topliss-reactive ketones (excluding diaryl/α,β-unsaturated/α-hetero) is 1. The molecule has 0 aliphatic heterocycles. The molecule has 0 aliphatic rings. The van der Waals surface area contributed by atoms with E-state index in [1.54, 1.807) is 0 Å². The van der Waals surface area contributed by atoms with Crippen LogP contribution in [0.2, 0.25) is 0 Å². The van der Waals surface area contributed by atoms with Gasteiger partial charge in [0.2, 0.25) is 0 Å². The SMILES string of the molecule is CC(=O)CCCC=O. The van der Waals surface area contributed by atoms with Gasteiger partial charge in [-0.2, -0.15) is 0 Å². The van der Waals surface area contributed by atoms with Crippen molar-refractivity contribution in [2.24, 2.45) is 0 Å². The summed E-state index contributed by atoms with van der Waals surface area (Å²) in [6, 6.07) is 0. The minimum Gasteiger partial charge on any atom is -0.303 e. The highest BCUT2D eigenvalue weighted by Crippen LogP contribution is 1.91. The lowest BCUT2D eigenvalue weighted by Gasteiger charge is -1.86. The molecule has 0 bridgehead atoms. The Hall–Kier alpha value is -0.660. The number of rotatable bonds is 4. The third kappa shape index (κ3) is 5.34. The van der Waals surface area contributed by atoms with E-state index in [0.29, 0.717) is 19.3 Å². The van der Waals surface area contributed by atoms with Gasteiger partial charge < -0.3 is 9.59 Å². The molecule has 0 amide bonds. The Morgan fingerprint density at radius 1 is 1.62 bits per heavy atom. The topological polar surface area (TPSA) is 34.1 Å². The first-order chi connectivity index (χ1) is 3.77. The van der Waals surface area contributed by atoms with Crippen LogP contribution >= 0.6 is 0 Å². The standard InChI is InChI=1S/C6H10O2/c1-6(8)4-2-3-5-7/h5H,2-4H2,1H3. The van der Waals surface area contributed by atoms with Gasteiger partial charge in [-0.3, -0.25) is 0 Å². The highest BCUT2D eigenvalue weighted by molar-refractivity contribution is 5.75. The van der Waals surface area contributed by atoms with Gasteiger partial charge in [-0.15, -0.1) is 0 Å². The quantitative estimate of drug-likeness (QED) is 0.402. The molecule has 0 radical (unpaired) electrons. The van der Waals surface area contributed by atoms with E-state index in [1.165, 1.54) is 6.92 Å². The van der Waals surface area contributed by atoms with E-state index in [2.05, 4.69) is 0 Å². The first-order valence-corrected chi connectivity index (χ1v) is 2.70. The first-order valence-electron chi connectivity index (χ1n) is 2.70. The number of hydrogen-bond donors (Lipinski definition) is 0. The van der Waals surface area contributed by atoms with Gasteiger partial charge in [0.1, 0.15) is 12.1 Å². The van der Waals surface area contributed by atoms with Crippen LogP contribution in [-0.4, -0.2) is 12.1 Å². The Bertz CT molecular complexity index is 86.5. The van der Waals surface area contributed by atoms with Crippen LogP contribution in [0.15, 0.2) is 0 Å². The van der Waals surface area contributed by atoms with Crippen LogP contribution in [0.4, 0.5) is 0 Å². The van der Waals surface area contributed by atoms with Crippen molar-refractivity contribution < 1.29 is 9.59 Å². The second kappa shape index (κ2) is 4.50. The molecule has 46 valence electrons. The summed E-state index contributed by atoms with van der Waals surface area (Å²) in [5, 5.41) is 0. The Labute approximate surface area is 48.9 Å². The Morgan fingerprint density at radius 2 is 2.25 bits per heavy atom. The summed E-state index contributed by atoms with van der Waals surface area (Å²) in [4.78, 5) is 19.9. The molecule has 0 unspecified atom stereocenters. The van der Waals surface area contributed by atoms with Crippen molar-refractivity contribution in [1.29, 1.82) is 0 Å². The fourth-order valence-electron chi connectivity index (χ4n) is 0.434. The van der Waals surface area contributed by atoms with E-state index in [0.717, 1.165) is 6.29 Å². The molecule has 0 atom stereocenters. The summed E-state index contributed by atoms with van der Waals surface area (Å²) in [7, 11) is 0. The van der Waals surface area contributed by atoms with Gasteiger partial charge >= 0.3 is 0 Å². The van der Waals surface area contributed by atoms with Crippen LogP contribution < -0.4 is 0 Å². The highest BCUT2D eigenvalue weighted by Gasteiger charge is 1.89. The number of ketones is 1. The minimum absolute atomic E-state index is 0.159. The fourth-order valence-corrected chi connectivity index (χ4v) is 0.434. The molecule has 0 spiro atoms. The van der Waals surface area contributed by atoms with E-state index < -0.39 is 0 Å². The van der Waals surface area contributed by atoms with Crippen molar-refractivity contribution in [3.8, 4) is 0 Å². The summed E-state index contributed by atoms with van der Waals surface area (Å²) in [6.45, 7) is 1.53. The lowest BCUT2D eigenvalue weighted by molar-refractivity contribution is -0.117. The molecule has 8 heavy (non-hydrogen) atoms. The van der Waals surface area contributed by atoms with E-state index in [1.807, 2.05) is 0 Å². The fraction of sp³-hybridized carbons (Fsp3) is 0.667. The average molecular weight is 114 g/mol. The maximum atomic E-state index is 10.2. The van der Waals surface area contributed by atoms with Crippen molar-refractivity contribution in [3.05, 3.63) is 0 Å². The van der Waals surface area contributed by atoms with Crippen molar-refractivity contribution in [3.63, 3.8) is 0 Å². The molecule has 2 heteroatoms. The largest absolute Gasteiger partial charge is 0.303 e. The summed E-state index contributed by atoms with van der Waals surface area (Å²) < 4.78 is 0. The third-order valence-electron chi connectivity index (χ3n) is 0.851. The smallest absolute Gasteiger partial charge is 0.129 e. The van der Waals surface area contributed by atoms with Crippen LogP contribution in [0.3, 0.4) is 0 Å². The van der Waals surface area contributed by atoms with Gasteiger partial charge in [0.25, 0.3) is 0 Å². The van der Waals surface area contributed by atoms with Crippen LogP contribution in [-0.2, 0) is 9.59 Å². The molecule has 2 nitrogen and oxygen atoms in total. The molecule has 0 aromatic rings. The predicted octanol–water partition coefficient (Wildman–Crippen LogP) is 0.945. The molecular weight excluding hydrogens is 104 g/mol. The molecule has 0 aromatic carbocycles. The van der Waals surface area contributed by atoms with Gasteiger partial charge in [0.05, 0.1) is 0 Å². The zero-order valence-corrected chi connectivity index (χ0v) is 5.02. The predicted molar refractivity (Wildman–Crippen MR) is 30.6 cm³/mol. The maximum Gasteiger partial charge on any atom is 0.129 e. The van der Waals surface area contributed by atoms with E-state index in [9.17, 15) is 9.59 Å². The second-order valence-corrected chi connectivity index (χ2v) is 1.76. The number of aldehydes is 1. The maximum absolute atomic E-state index is 10.2. The second-order valence-electron chi connectivity index (χ2n) is 1.76. The molecule has 0 rings (SSSR count). The summed E-state index contributed by atoms with van der Waals surface area (Å²) in [5.74, 6) is 0.159. The monoisotopic (exact) mass is 114 g/mol. The zero-order valence-electron chi connectivity index (χ0n) is 5.02. The van der Waals surface area contributed by atoms with E-state index in [-0.39, 0.29) is 5.78 Å². The van der Waals surface area contributed by atoms with Crippen LogP contribution in [0.5, 0.6) is 0 Å². The van der Waals surface area contributed by atoms with Gasteiger partial charge in [-0.05, 0) is 13.3 Å². The average Bonchev–Trinajstić information content (AvgIpc) is 1.66. The van der Waals surface area contributed by atoms with Crippen LogP contribution in [0.25, 0.3) is 0 Å². The summed E-state index contributed by atoms with van der Waals surface area (Å²) >= 11 is 0. The summed E-state index contributed by atoms with van der Waals surface area (Å²) in [6.07, 6.45) is 2.60. The van der Waals surface area contributed by atoms with E-state index >= 15 is 0 Å². The Kier molecular flexibility index (Phi) is 4.13. The molecule has 0 saturated heterocycles. The lowest BCUT2D eigenvalue weighted by Crippen LogP contribution is -1.88. The van der Waals surface area contributed by atoms with Gasteiger partial charge in [0, 0.05) is 12.8 Å². The highest BCUT2D eigenvalue weighted by atomic mass is 16.1. The van der Waals surface area contributed by atoms with Crippen LogP contribution in [0.1, 0.15) is 26.2 Å². The van der Waals surface area contributed by atoms with Gasteiger partial charge in [-0.1, -0.05) is 0 Å². The molecule has 0 fully saturated rings. The van der Waals surface area contributed by atoms with Crippen molar-refractivity contribution >= 4 is 12.1 Å². The van der Waals surface area contributed by atoms with Crippen LogP contribution in [0, 0.1) is 0 Å². The minimum atomic E-state index is 0.159. The number of unbranched alkanes of at least 4 members (excludes halogenated alkanes) is 1. The normalized spacial score (nSPS) is 8.62. The van der Waals surface area contributed by atoms with E-state index in [4.69, 9.17) is 0 Å². The Balaban J connectivity index is 2.93. The third-order valence-corrected chi connectivity index (χ3v) is 0.851. The first kappa shape index (κ1) is 7.34. The molecular formula is C6H10O2. The summed E-state index contributed by atoms with van der Waals surface area (Å²) in [5.41, 5.74) is 0. The molecule has 0 N–H and O–H groups in total. The number of hydrogen-bond acceptors (Lipinski definition) is 2.